The van der Waals surface area contributed by atoms with Gasteiger partial charge in [-0.2, -0.15) is 0 Å². The summed E-state index contributed by atoms with van der Waals surface area (Å²) >= 11 is 0. The Hall–Kier alpha value is -3.02. The van der Waals surface area contributed by atoms with Crippen LogP contribution in [-0.2, 0) is 32.1 Å². The highest BCUT2D eigenvalue weighted by atomic mass is 16.2. The zero-order chi connectivity index (χ0) is 27.9. The standard InChI is InChI=1S/C35H46N4O/c1-4-27-8-10-28(11-9-27)12-13-31-14-15-32(24-30(31)5-2)33-25-39(26-33)35(40)34-23-29(16-17-36-34)7-6-18-38-21-19-37(3)20-22-38/h8-11,14-17,23-24,33H,4-7,12-13,18-22,25-26H2,1-3H3. The predicted octanol–water partition coefficient (Wildman–Crippen LogP) is 5.41. The first-order valence-electron chi connectivity index (χ1n) is 15.4. The predicted molar refractivity (Wildman–Crippen MR) is 164 cm³/mol. The number of aromatic nitrogens is 1. The summed E-state index contributed by atoms with van der Waals surface area (Å²) in [7, 11) is 2.20. The molecule has 5 rings (SSSR count). The number of pyridine rings is 1. The van der Waals surface area contributed by atoms with Gasteiger partial charge in [0.15, 0.2) is 0 Å². The van der Waals surface area contributed by atoms with E-state index in [1.165, 1.54) is 33.4 Å². The molecule has 1 amide bonds. The molecule has 2 aliphatic heterocycles. The van der Waals surface area contributed by atoms with Crippen molar-refractivity contribution in [1.29, 1.82) is 0 Å². The summed E-state index contributed by atoms with van der Waals surface area (Å²) in [4.78, 5) is 24.5. The number of likely N-dealkylation sites (tertiary alicyclic amines) is 1. The van der Waals surface area contributed by atoms with Gasteiger partial charge in [0, 0.05) is 51.4 Å². The van der Waals surface area contributed by atoms with Gasteiger partial charge in [-0.05, 0) is 97.6 Å². The summed E-state index contributed by atoms with van der Waals surface area (Å²) < 4.78 is 0. The molecule has 0 unspecified atom stereocenters. The molecule has 3 aromatic rings. The number of rotatable bonds is 11. The summed E-state index contributed by atoms with van der Waals surface area (Å²) in [6.07, 6.45) is 8.19. The number of hydrogen-bond donors (Lipinski definition) is 0. The quantitative estimate of drug-likeness (QED) is 0.327. The normalized spacial score (nSPS) is 16.7. The second-order valence-corrected chi connectivity index (χ2v) is 11.8. The summed E-state index contributed by atoms with van der Waals surface area (Å²) in [6, 6.07) is 20.1. The maximum atomic E-state index is 13.2. The zero-order valence-corrected chi connectivity index (χ0v) is 24.7. The highest BCUT2D eigenvalue weighted by molar-refractivity contribution is 5.93. The fourth-order valence-corrected chi connectivity index (χ4v) is 6.04. The second kappa shape index (κ2) is 13.6. The van der Waals surface area contributed by atoms with E-state index in [-0.39, 0.29) is 5.91 Å². The number of likely N-dealkylation sites (N-methyl/N-ethyl adjacent to an activating group) is 1. The Morgan fingerprint density at radius 2 is 1.55 bits per heavy atom. The fraction of sp³-hybridized carbons (Fsp3) is 0.486. The molecule has 2 fully saturated rings. The summed E-state index contributed by atoms with van der Waals surface area (Å²) in [5.41, 5.74) is 8.87. The molecule has 5 nitrogen and oxygen atoms in total. The molecule has 2 aliphatic rings. The maximum absolute atomic E-state index is 13.2. The Bertz CT molecular complexity index is 1260. The van der Waals surface area contributed by atoms with Gasteiger partial charge in [-0.25, -0.2) is 0 Å². The van der Waals surface area contributed by atoms with Crippen molar-refractivity contribution in [2.45, 2.75) is 58.3 Å². The van der Waals surface area contributed by atoms with Crippen molar-refractivity contribution in [1.82, 2.24) is 19.7 Å². The van der Waals surface area contributed by atoms with Crippen LogP contribution in [0.25, 0.3) is 0 Å². The highest BCUT2D eigenvalue weighted by Gasteiger charge is 2.33. The minimum atomic E-state index is 0.0681. The van der Waals surface area contributed by atoms with Gasteiger partial charge in [0.2, 0.25) is 0 Å². The Labute approximate surface area is 241 Å². The Morgan fingerprint density at radius 1 is 0.800 bits per heavy atom. The van der Waals surface area contributed by atoms with Crippen LogP contribution in [0.1, 0.15) is 70.1 Å². The average Bonchev–Trinajstić information content (AvgIpc) is 2.97. The number of amides is 1. The molecule has 2 aromatic carbocycles. The van der Waals surface area contributed by atoms with Gasteiger partial charge in [-0.1, -0.05) is 56.3 Å². The van der Waals surface area contributed by atoms with Gasteiger partial charge in [-0.15, -0.1) is 0 Å². The highest BCUT2D eigenvalue weighted by Crippen LogP contribution is 2.30. The van der Waals surface area contributed by atoms with E-state index in [9.17, 15) is 4.79 Å². The van der Waals surface area contributed by atoms with Gasteiger partial charge in [-0.3, -0.25) is 9.78 Å². The zero-order valence-electron chi connectivity index (χ0n) is 24.7. The number of nitrogens with zero attached hydrogens (tertiary/aromatic N) is 4. The first-order chi connectivity index (χ1) is 19.5. The SMILES string of the molecule is CCc1ccc(CCc2ccc(C3CN(C(=O)c4cc(CCCN5CCN(C)CC5)ccn4)C3)cc2CC)cc1. The molecule has 2 saturated heterocycles. The van der Waals surface area contributed by atoms with E-state index in [2.05, 4.69) is 84.2 Å². The Kier molecular flexibility index (Phi) is 9.66. The summed E-state index contributed by atoms with van der Waals surface area (Å²) in [5, 5.41) is 0. The van der Waals surface area contributed by atoms with Crippen LogP contribution in [0.2, 0.25) is 0 Å². The maximum Gasteiger partial charge on any atom is 0.272 e. The Balaban J connectivity index is 1.11. The number of hydrogen-bond acceptors (Lipinski definition) is 4. The minimum Gasteiger partial charge on any atom is -0.336 e. The number of aryl methyl sites for hydroxylation is 5. The molecule has 0 radical (unpaired) electrons. The first kappa shape index (κ1) is 28.5. The molecule has 40 heavy (non-hydrogen) atoms. The molecule has 0 atom stereocenters. The first-order valence-corrected chi connectivity index (χ1v) is 15.4. The van der Waals surface area contributed by atoms with Crippen LogP contribution in [0.15, 0.2) is 60.8 Å². The molecule has 1 aromatic heterocycles. The van der Waals surface area contributed by atoms with Gasteiger partial charge in [0.05, 0.1) is 0 Å². The number of piperazine rings is 1. The lowest BCUT2D eigenvalue weighted by molar-refractivity contribution is 0.0596. The molecule has 3 heterocycles. The monoisotopic (exact) mass is 538 g/mol. The molecule has 0 N–H and O–H groups in total. The van der Waals surface area contributed by atoms with Crippen molar-refractivity contribution >= 4 is 5.91 Å². The largest absolute Gasteiger partial charge is 0.336 e. The lowest BCUT2D eigenvalue weighted by Gasteiger charge is -2.39. The minimum absolute atomic E-state index is 0.0681. The van der Waals surface area contributed by atoms with Gasteiger partial charge in [0.1, 0.15) is 5.69 Å². The number of carbonyl (C=O) groups excluding carboxylic acids is 1. The third kappa shape index (κ3) is 7.18. The van der Waals surface area contributed by atoms with Crippen LogP contribution in [0.4, 0.5) is 0 Å². The molecule has 0 saturated carbocycles. The molecule has 0 spiro atoms. The number of carbonyl (C=O) groups is 1. The van der Waals surface area contributed by atoms with Crippen LogP contribution in [0.3, 0.4) is 0 Å². The van der Waals surface area contributed by atoms with E-state index in [0.29, 0.717) is 11.6 Å². The second-order valence-electron chi connectivity index (χ2n) is 11.8. The fourth-order valence-electron chi connectivity index (χ4n) is 6.04. The van der Waals surface area contributed by atoms with Crippen LogP contribution < -0.4 is 0 Å². The molecule has 5 heteroatoms. The Morgan fingerprint density at radius 3 is 2.27 bits per heavy atom. The molecule has 212 valence electrons. The number of benzene rings is 2. The summed E-state index contributed by atoms with van der Waals surface area (Å²) in [6.45, 7) is 11.8. The van der Waals surface area contributed by atoms with E-state index in [0.717, 1.165) is 84.3 Å². The van der Waals surface area contributed by atoms with Crippen molar-refractivity contribution < 1.29 is 4.79 Å². The van der Waals surface area contributed by atoms with Crippen molar-refractivity contribution in [2.75, 3.05) is 52.9 Å². The molecular formula is C35H46N4O. The van der Waals surface area contributed by atoms with Crippen LogP contribution >= 0.6 is 0 Å². The van der Waals surface area contributed by atoms with Gasteiger partial charge >= 0.3 is 0 Å². The lowest BCUT2D eigenvalue weighted by Crippen LogP contribution is -2.48. The van der Waals surface area contributed by atoms with E-state index in [1.54, 1.807) is 6.20 Å². The summed E-state index contributed by atoms with van der Waals surface area (Å²) in [5.74, 6) is 0.482. The van der Waals surface area contributed by atoms with Crippen molar-refractivity contribution in [2.24, 2.45) is 0 Å². The van der Waals surface area contributed by atoms with Crippen LogP contribution in [0.5, 0.6) is 0 Å². The van der Waals surface area contributed by atoms with E-state index < -0.39 is 0 Å². The smallest absolute Gasteiger partial charge is 0.272 e. The van der Waals surface area contributed by atoms with Crippen molar-refractivity contribution in [3.63, 3.8) is 0 Å². The third-order valence-corrected chi connectivity index (χ3v) is 8.94. The van der Waals surface area contributed by atoms with E-state index >= 15 is 0 Å². The van der Waals surface area contributed by atoms with Crippen molar-refractivity contribution in [3.05, 3.63) is 99.9 Å². The molecular weight excluding hydrogens is 492 g/mol. The average molecular weight is 539 g/mol. The van der Waals surface area contributed by atoms with E-state index in [1.807, 2.05) is 11.0 Å². The van der Waals surface area contributed by atoms with Gasteiger partial charge in [0.25, 0.3) is 5.91 Å². The molecule has 0 aliphatic carbocycles. The van der Waals surface area contributed by atoms with Crippen molar-refractivity contribution in [3.8, 4) is 0 Å². The van der Waals surface area contributed by atoms with Gasteiger partial charge < -0.3 is 14.7 Å². The third-order valence-electron chi connectivity index (χ3n) is 8.94. The molecule has 0 bridgehead atoms. The topological polar surface area (TPSA) is 39.7 Å². The van der Waals surface area contributed by atoms with Crippen LogP contribution in [0, 0.1) is 0 Å². The van der Waals surface area contributed by atoms with E-state index in [4.69, 9.17) is 0 Å². The van der Waals surface area contributed by atoms with Crippen LogP contribution in [-0.4, -0.2) is 78.5 Å². The lowest BCUT2D eigenvalue weighted by atomic mass is 9.87.